The fourth-order valence-corrected chi connectivity index (χ4v) is 6.46. The summed E-state index contributed by atoms with van der Waals surface area (Å²) in [6.45, 7) is 5.03. The topological polar surface area (TPSA) is 94.0 Å². The largest absolute Gasteiger partial charge is 0.446 e. The van der Waals surface area contributed by atoms with Gasteiger partial charge in [0, 0.05) is 60.4 Å². The fraction of sp³-hybridized carbons (Fsp3) is 0.560. The van der Waals surface area contributed by atoms with Crippen molar-refractivity contribution in [3.05, 3.63) is 30.6 Å². The van der Waals surface area contributed by atoms with Crippen LogP contribution in [-0.2, 0) is 25.1 Å². The Bertz CT molecular complexity index is 1120. The summed E-state index contributed by atoms with van der Waals surface area (Å²) in [6.07, 6.45) is 6.38. The van der Waals surface area contributed by atoms with Gasteiger partial charge in [-0.1, -0.05) is 6.07 Å². The number of rotatable bonds is 3. The molecule has 9 nitrogen and oxygen atoms in total. The highest BCUT2D eigenvalue weighted by atomic mass is 32.2. The molecule has 3 aliphatic rings. The molecule has 5 rings (SSSR count). The number of fused-ring (bicyclic) bond motifs is 1. The minimum Gasteiger partial charge on any atom is -0.446 e. The molecule has 2 saturated heterocycles. The molecule has 0 spiro atoms. The number of amides is 2. The summed E-state index contributed by atoms with van der Waals surface area (Å²) in [5.74, 6) is 1.36. The van der Waals surface area contributed by atoms with Gasteiger partial charge in [0.05, 0.1) is 42.9 Å². The van der Waals surface area contributed by atoms with Crippen LogP contribution in [0.1, 0.15) is 45.6 Å². The highest BCUT2D eigenvalue weighted by Gasteiger charge is 2.35. The van der Waals surface area contributed by atoms with Gasteiger partial charge in [0.15, 0.2) is 0 Å². The number of anilines is 2. The maximum Gasteiger partial charge on any atom is 0.414 e. The van der Waals surface area contributed by atoms with Crippen LogP contribution in [0.2, 0.25) is 0 Å². The van der Waals surface area contributed by atoms with Crippen molar-refractivity contribution in [1.29, 1.82) is 0 Å². The summed E-state index contributed by atoms with van der Waals surface area (Å²) in [5, 5.41) is 4.58. The van der Waals surface area contributed by atoms with E-state index in [9.17, 15) is 13.8 Å². The van der Waals surface area contributed by atoms with Gasteiger partial charge in [0.1, 0.15) is 6.10 Å². The minimum absolute atomic E-state index is 0.0635. The molecule has 0 radical (unpaired) electrons. The lowest BCUT2D eigenvalue weighted by Gasteiger charge is -2.41. The molecule has 35 heavy (non-hydrogen) atoms. The number of aromatic nitrogens is 2. The van der Waals surface area contributed by atoms with E-state index in [2.05, 4.69) is 5.10 Å². The van der Waals surface area contributed by atoms with Gasteiger partial charge in [-0.15, -0.1) is 0 Å². The zero-order chi connectivity index (χ0) is 24.5. The number of hydrogen-bond donors (Lipinski definition) is 0. The van der Waals surface area contributed by atoms with Crippen LogP contribution < -0.4 is 9.80 Å². The molecule has 3 aliphatic heterocycles. The molecule has 1 aromatic carbocycles. The molecule has 188 valence electrons. The van der Waals surface area contributed by atoms with E-state index >= 15 is 0 Å². The first-order valence-corrected chi connectivity index (χ1v) is 13.8. The fourth-order valence-electron chi connectivity index (χ4n) is 5.19. The smallest absolute Gasteiger partial charge is 0.414 e. The summed E-state index contributed by atoms with van der Waals surface area (Å²) in [4.78, 5) is 29.1. The molecule has 2 amide bonds. The Kier molecular flexibility index (Phi) is 6.93. The lowest BCUT2D eigenvalue weighted by Crippen LogP contribution is -2.52. The van der Waals surface area contributed by atoms with Crippen LogP contribution in [0.4, 0.5) is 16.2 Å². The average molecular weight is 501 g/mol. The molecule has 0 aliphatic carbocycles. The maximum atomic E-state index is 13.3. The van der Waals surface area contributed by atoms with Gasteiger partial charge in [-0.2, -0.15) is 5.10 Å². The Morgan fingerprint density at radius 1 is 1.09 bits per heavy atom. The van der Waals surface area contributed by atoms with E-state index in [1.54, 1.807) is 16.7 Å². The highest BCUT2D eigenvalue weighted by molar-refractivity contribution is 7.85. The molecule has 10 heteroatoms. The number of carbonyl (C=O) groups is 2. The second-order valence-electron chi connectivity index (χ2n) is 9.54. The third-order valence-electron chi connectivity index (χ3n) is 7.08. The Labute approximate surface area is 207 Å². The van der Waals surface area contributed by atoms with Crippen molar-refractivity contribution >= 4 is 34.2 Å². The van der Waals surface area contributed by atoms with Crippen LogP contribution in [-0.4, -0.2) is 69.4 Å². The Balaban J connectivity index is 1.44. The van der Waals surface area contributed by atoms with Crippen LogP contribution in [0.5, 0.6) is 0 Å². The molecular weight excluding hydrogens is 468 g/mol. The second kappa shape index (κ2) is 10.1. The molecule has 4 heterocycles. The first-order valence-electron chi connectivity index (χ1n) is 12.3. The predicted octanol–water partition coefficient (Wildman–Crippen LogP) is 3.51. The molecule has 2 aromatic rings. The van der Waals surface area contributed by atoms with Crippen molar-refractivity contribution < 1.29 is 23.3 Å². The molecule has 0 N–H and O–H groups in total. The number of carbonyl (C=O) groups excluding carboxylic acids is 2. The third-order valence-corrected chi connectivity index (χ3v) is 8.46. The SMILES string of the molecule is CC(=O)N1c2ccc(-c3cnn(C4CCS(=O)CC4)c3)cc2N(C(=O)OC2CCOCC2)CC1C. The van der Waals surface area contributed by atoms with E-state index in [-0.39, 0.29) is 24.1 Å². The van der Waals surface area contributed by atoms with Gasteiger partial charge >= 0.3 is 6.09 Å². The number of nitrogens with zero attached hydrogens (tertiary/aromatic N) is 4. The van der Waals surface area contributed by atoms with Gasteiger partial charge in [-0.05, 0) is 37.5 Å². The van der Waals surface area contributed by atoms with Crippen LogP contribution >= 0.6 is 0 Å². The van der Waals surface area contributed by atoms with Gasteiger partial charge < -0.3 is 14.4 Å². The van der Waals surface area contributed by atoms with Gasteiger partial charge in [-0.25, -0.2) is 4.79 Å². The summed E-state index contributed by atoms with van der Waals surface area (Å²) in [7, 11) is -0.717. The average Bonchev–Trinajstić information content (AvgIpc) is 3.34. The first kappa shape index (κ1) is 24.0. The van der Waals surface area contributed by atoms with Crippen LogP contribution in [0.25, 0.3) is 11.1 Å². The lowest BCUT2D eigenvalue weighted by molar-refractivity contribution is -0.117. The molecule has 1 aromatic heterocycles. The summed E-state index contributed by atoms with van der Waals surface area (Å²) in [6, 6.07) is 5.88. The third kappa shape index (κ3) is 4.99. The van der Waals surface area contributed by atoms with Crippen molar-refractivity contribution in [2.24, 2.45) is 0 Å². The zero-order valence-corrected chi connectivity index (χ0v) is 21.0. The first-order chi connectivity index (χ1) is 16.9. The normalized spacial score (nSPS) is 25.3. The van der Waals surface area contributed by atoms with Gasteiger partial charge in [-0.3, -0.25) is 18.6 Å². The van der Waals surface area contributed by atoms with Crippen molar-refractivity contribution in [1.82, 2.24) is 9.78 Å². The molecule has 0 saturated carbocycles. The summed E-state index contributed by atoms with van der Waals surface area (Å²) in [5.41, 5.74) is 3.21. The van der Waals surface area contributed by atoms with E-state index in [0.717, 1.165) is 24.0 Å². The van der Waals surface area contributed by atoms with E-state index in [4.69, 9.17) is 9.47 Å². The molecule has 1 atom stereocenters. The monoisotopic (exact) mass is 500 g/mol. The number of ether oxygens (including phenoxy) is 2. The summed E-state index contributed by atoms with van der Waals surface area (Å²) >= 11 is 0. The number of benzene rings is 1. The van der Waals surface area contributed by atoms with Crippen LogP contribution in [0.15, 0.2) is 30.6 Å². The van der Waals surface area contributed by atoms with Crippen molar-refractivity contribution in [2.45, 2.75) is 57.7 Å². The van der Waals surface area contributed by atoms with Crippen LogP contribution in [0.3, 0.4) is 0 Å². The predicted molar refractivity (Wildman–Crippen MR) is 134 cm³/mol. The van der Waals surface area contributed by atoms with E-state index in [1.807, 2.05) is 42.2 Å². The lowest BCUT2D eigenvalue weighted by atomic mass is 10.0. The molecule has 1 unspecified atom stereocenters. The van der Waals surface area contributed by atoms with Crippen molar-refractivity contribution in [3.8, 4) is 11.1 Å². The molecule has 2 fully saturated rings. The zero-order valence-electron chi connectivity index (χ0n) is 20.2. The Morgan fingerprint density at radius 3 is 2.54 bits per heavy atom. The van der Waals surface area contributed by atoms with Crippen molar-refractivity contribution in [3.63, 3.8) is 0 Å². The van der Waals surface area contributed by atoms with E-state index < -0.39 is 16.9 Å². The molecule has 0 bridgehead atoms. The molecular formula is C25H32N4O5S. The Morgan fingerprint density at radius 2 is 1.83 bits per heavy atom. The highest BCUT2D eigenvalue weighted by Crippen LogP contribution is 2.39. The maximum absolute atomic E-state index is 13.3. The minimum atomic E-state index is -0.717. The van der Waals surface area contributed by atoms with Crippen LogP contribution in [0, 0.1) is 0 Å². The van der Waals surface area contributed by atoms with Crippen molar-refractivity contribution in [2.75, 3.05) is 41.1 Å². The van der Waals surface area contributed by atoms with Gasteiger partial charge in [0.25, 0.3) is 0 Å². The van der Waals surface area contributed by atoms with E-state index in [0.29, 0.717) is 55.5 Å². The second-order valence-corrected chi connectivity index (χ2v) is 11.2. The Hall–Kier alpha value is -2.72. The van der Waals surface area contributed by atoms with Gasteiger partial charge in [0.2, 0.25) is 5.91 Å². The number of hydrogen-bond acceptors (Lipinski definition) is 6. The van der Waals surface area contributed by atoms with E-state index in [1.165, 1.54) is 0 Å². The quantitative estimate of drug-likeness (QED) is 0.640. The summed E-state index contributed by atoms with van der Waals surface area (Å²) < 4.78 is 24.9. The standard InChI is InChI=1S/C25H32N4O5S/c1-17-15-27(25(31)34-22-5-9-33-10-6-22)24-13-19(3-4-23(24)29(17)18(2)30)20-14-26-28(16-20)21-7-11-35(32)12-8-21/h3-4,13-14,16-17,21-22H,5-12,15H2,1-2H3.